The van der Waals surface area contributed by atoms with Crippen molar-refractivity contribution >= 4 is 50.2 Å². The number of allylic oxidation sites excluding steroid dienone is 1. The number of ether oxygens (including phenoxy) is 1. The lowest BCUT2D eigenvalue weighted by molar-refractivity contribution is 0.0526. The van der Waals surface area contributed by atoms with Crippen LogP contribution in [-0.4, -0.2) is 17.6 Å². The number of hydrogen-bond acceptors (Lipinski definition) is 9. The van der Waals surface area contributed by atoms with Gasteiger partial charge in [-0.3, -0.25) is 0 Å². The van der Waals surface area contributed by atoms with Crippen LogP contribution in [0.1, 0.15) is 59.9 Å². The molecule has 1 N–H and O–H groups in total. The van der Waals surface area contributed by atoms with E-state index < -0.39 is 5.63 Å². The number of carbonyl (C=O) groups is 1. The van der Waals surface area contributed by atoms with Crippen LogP contribution in [-0.2, 0) is 17.6 Å². The number of benzene rings is 1. The van der Waals surface area contributed by atoms with Crippen molar-refractivity contribution in [2.24, 2.45) is 11.3 Å². The minimum absolute atomic E-state index is 0.179. The third-order valence-corrected chi connectivity index (χ3v) is 9.15. The summed E-state index contributed by atoms with van der Waals surface area (Å²) < 4.78 is 10.8. The molecule has 1 aliphatic carbocycles. The van der Waals surface area contributed by atoms with Gasteiger partial charge in [0.25, 0.3) is 0 Å². The molecule has 7 nitrogen and oxygen atoms in total. The fourth-order valence-electron chi connectivity index (χ4n) is 4.89. The molecule has 4 aromatic rings. The van der Waals surface area contributed by atoms with E-state index in [1.54, 1.807) is 42.0 Å². The van der Waals surface area contributed by atoms with E-state index in [0.29, 0.717) is 43.9 Å². The van der Waals surface area contributed by atoms with Crippen LogP contribution in [0, 0.1) is 22.7 Å². The highest BCUT2D eigenvalue weighted by Crippen LogP contribution is 2.44. The molecule has 0 radical (unpaired) electrons. The average Bonchev–Trinajstić information content (AvgIpc) is 3.53. The summed E-state index contributed by atoms with van der Waals surface area (Å²) in [5, 5.41) is 16.8. The van der Waals surface area contributed by atoms with Gasteiger partial charge in [0.15, 0.2) is 0 Å². The Hall–Kier alpha value is -3.74. The Morgan fingerprint density at radius 2 is 2.13 bits per heavy atom. The van der Waals surface area contributed by atoms with E-state index in [2.05, 4.69) is 37.1 Å². The van der Waals surface area contributed by atoms with Crippen LogP contribution in [0.4, 0.5) is 5.00 Å². The van der Waals surface area contributed by atoms with Gasteiger partial charge < -0.3 is 14.5 Å². The van der Waals surface area contributed by atoms with Crippen molar-refractivity contribution < 1.29 is 13.9 Å². The highest BCUT2D eigenvalue weighted by molar-refractivity contribution is 7.16. The number of fused-ring (bicyclic) bond motifs is 2. The smallest absolute Gasteiger partial charge is 0.345 e. The zero-order valence-corrected chi connectivity index (χ0v) is 23.9. The van der Waals surface area contributed by atoms with E-state index >= 15 is 0 Å². The number of anilines is 1. The lowest BCUT2D eigenvalue weighted by Crippen LogP contribution is -2.26. The average molecular weight is 560 g/mol. The van der Waals surface area contributed by atoms with Crippen molar-refractivity contribution in [2.75, 3.05) is 11.9 Å². The van der Waals surface area contributed by atoms with Crippen molar-refractivity contribution in [1.29, 1.82) is 5.26 Å². The first-order chi connectivity index (χ1) is 18.7. The van der Waals surface area contributed by atoms with Gasteiger partial charge in [-0.05, 0) is 55.2 Å². The predicted octanol–water partition coefficient (Wildman–Crippen LogP) is 7.28. The maximum Gasteiger partial charge on any atom is 0.345 e. The lowest BCUT2D eigenvalue weighted by atomic mass is 9.72. The Kier molecular flexibility index (Phi) is 7.43. The van der Waals surface area contributed by atoms with E-state index in [9.17, 15) is 14.9 Å². The van der Waals surface area contributed by atoms with E-state index in [1.165, 1.54) is 16.2 Å². The predicted molar refractivity (Wildman–Crippen MR) is 156 cm³/mol. The minimum Gasteiger partial charge on any atom is -0.462 e. The number of para-hydroxylation sites is 1. The molecule has 0 fully saturated rings. The van der Waals surface area contributed by atoms with Crippen molar-refractivity contribution in [1.82, 2.24) is 4.98 Å². The summed E-state index contributed by atoms with van der Waals surface area (Å²) in [5.41, 5.74) is 2.90. The van der Waals surface area contributed by atoms with Crippen molar-refractivity contribution in [3.05, 3.63) is 73.3 Å². The van der Waals surface area contributed by atoms with Gasteiger partial charge in [-0.25, -0.2) is 14.6 Å². The Bertz CT molecular complexity index is 1680. The second kappa shape index (κ2) is 10.8. The van der Waals surface area contributed by atoms with E-state index in [0.717, 1.165) is 30.2 Å². The molecule has 1 aliphatic rings. The SMILES string of the molecule is CCOC(=O)c1c(N/C=C(\C#N)c2nc(-c3cc4ccccc4oc3=O)cs2)sc2c1CCC(C(C)(C)C)C2. The number of hydrogen-bond donors (Lipinski definition) is 1. The number of nitrogens with one attached hydrogen (secondary N) is 1. The molecule has 0 saturated carbocycles. The summed E-state index contributed by atoms with van der Waals surface area (Å²) in [4.78, 5) is 31.3. The molecule has 39 heavy (non-hydrogen) atoms. The monoisotopic (exact) mass is 559 g/mol. The third kappa shape index (κ3) is 5.40. The van der Waals surface area contributed by atoms with E-state index in [4.69, 9.17) is 9.15 Å². The highest BCUT2D eigenvalue weighted by Gasteiger charge is 2.34. The topological polar surface area (TPSA) is 105 Å². The van der Waals surface area contributed by atoms with Crippen LogP contribution < -0.4 is 10.9 Å². The molecular formula is C30H29N3O4S2. The molecule has 1 atom stereocenters. The van der Waals surface area contributed by atoms with Gasteiger partial charge in [-0.15, -0.1) is 22.7 Å². The minimum atomic E-state index is -0.483. The molecule has 0 saturated heterocycles. The molecule has 0 aliphatic heterocycles. The molecular weight excluding hydrogens is 530 g/mol. The number of thiophene rings is 1. The first kappa shape index (κ1) is 26.9. The molecule has 1 aromatic carbocycles. The molecule has 200 valence electrons. The largest absolute Gasteiger partial charge is 0.462 e. The van der Waals surface area contributed by atoms with Crippen LogP contribution in [0.5, 0.6) is 0 Å². The number of thiazole rings is 1. The maximum atomic E-state index is 13.0. The van der Waals surface area contributed by atoms with Gasteiger partial charge in [-0.2, -0.15) is 5.26 Å². The van der Waals surface area contributed by atoms with Gasteiger partial charge >= 0.3 is 11.6 Å². The first-order valence-electron chi connectivity index (χ1n) is 12.9. The molecule has 0 spiro atoms. The summed E-state index contributed by atoms with van der Waals surface area (Å²) in [6, 6.07) is 11.2. The van der Waals surface area contributed by atoms with Crippen LogP contribution in [0.25, 0.3) is 27.8 Å². The molecule has 1 unspecified atom stereocenters. The van der Waals surface area contributed by atoms with Crippen LogP contribution in [0.15, 0.2) is 51.1 Å². The second-order valence-electron chi connectivity index (χ2n) is 10.6. The highest BCUT2D eigenvalue weighted by atomic mass is 32.1. The molecule has 9 heteroatoms. The number of esters is 1. The first-order valence-corrected chi connectivity index (χ1v) is 14.6. The third-order valence-electron chi connectivity index (χ3n) is 7.09. The second-order valence-corrected chi connectivity index (χ2v) is 12.5. The molecule has 3 aromatic heterocycles. The Balaban J connectivity index is 1.46. The van der Waals surface area contributed by atoms with Crippen molar-refractivity contribution in [3.8, 4) is 17.3 Å². The summed E-state index contributed by atoms with van der Waals surface area (Å²) in [7, 11) is 0. The van der Waals surface area contributed by atoms with Crippen LogP contribution >= 0.6 is 22.7 Å². The van der Waals surface area contributed by atoms with Crippen LogP contribution in [0.2, 0.25) is 0 Å². The summed E-state index contributed by atoms with van der Waals surface area (Å²) in [5.74, 6) is 0.177. The van der Waals surface area contributed by atoms with Gasteiger partial charge in [0.1, 0.15) is 27.2 Å². The van der Waals surface area contributed by atoms with Gasteiger partial charge in [0.05, 0.1) is 23.4 Å². The van der Waals surface area contributed by atoms with Gasteiger partial charge in [-0.1, -0.05) is 39.0 Å². The Labute approximate surface area is 234 Å². The van der Waals surface area contributed by atoms with Gasteiger partial charge in [0.2, 0.25) is 0 Å². The maximum absolute atomic E-state index is 13.0. The molecule has 0 amide bonds. The Morgan fingerprint density at radius 3 is 2.87 bits per heavy atom. The number of carbonyl (C=O) groups excluding carboxylic acids is 1. The molecule has 5 rings (SSSR count). The van der Waals surface area contributed by atoms with E-state index in [-0.39, 0.29) is 18.0 Å². The van der Waals surface area contributed by atoms with Crippen molar-refractivity contribution in [2.45, 2.75) is 47.0 Å². The summed E-state index contributed by atoms with van der Waals surface area (Å²) in [6.07, 6.45) is 4.33. The lowest BCUT2D eigenvalue weighted by Gasteiger charge is -2.33. The zero-order valence-electron chi connectivity index (χ0n) is 22.3. The normalized spacial score (nSPS) is 15.6. The van der Waals surface area contributed by atoms with Crippen molar-refractivity contribution in [3.63, 3.8) is 0 Å². The standard InChI is InChI=1S/C30H29N3O4S2/c1-5-36-29(35)25-20-11-10-19(30(2,3)4)13-24(20)39-27(25)32-15-18(14-31)26-33-22(16-38-26)21-12-17-8-6-7-9-23(17)37-28(21)34/h6-9,12,15-16,19,32H,5,10-11,13H2,1-4H3/b18-15+. The quantitative estimate of drug-likeness (QED) is 0.150. The van der Waals surface area contributed by atoms with Gasteiger partial charge in [0, 0.05) is 21.8 Å². The number of aromatic nitrogens is 1. The Morgan fingerprint density at radius 1 is 1.33 bits per heavy atom. The fraction of sp³-hybridized carbons (Fsp3) is 0.333. The number of rotatable bonds is 6. The van der Waals surface area contributed by atoms with E-state index in [1.807, 2.05) is 18.2 Å². The molecule has 3 heterocycles. The summed E-state index contributed by atoms with van der Waals surface area (Å²) in [6.45, 7) is 8.86. The number of nitriles is 1. The van der Waals surface area contributed by atoms with Crippen LogP contribution in [0.3, 0.4) is 0 Å². The zero-order chi connectivity index (χ0) is 27.7. The number of nitrogens with zero attached hydrogens (tertiary/aromatic N) is 2. The summed E-state index contributed by atoms with van der Waals surface area (Å²) >= 11 is 2.82. The molecule has 0 bridgehead atoms. The fourth-order valence-corrected chi connectivity index (χ4v) is 6.96.